The normalized spacial score (nSPS) is 16.0. The summed E-state index contributed by atoms with van der Waals surface area (Å²) < 4.78 is 5.39. The van der Waals surface area contributed by atoms with Crippen LogP contribution in [0.1, 0.15) is 13.8 Å². The molecule has 2 rings (SSSR count). The summed E-state index contributed by atoms with van der Waals surface area (Å²) in [7, 11) is 0. The summed E-state index contributed by atoms with van der Waals surface area (Å²) in [6.07, 6.45) is 0. The SMILES string of the molecule is CC(C)C(CNC(=O)NCCNc1ccccc1[N+](=O)[O-])N1CCOCC1. The van der Waals surface area contributed by atoms with Crippen LogP contribution in [-0.4, -0.2) is 67.8 Å². The van der Waals surface area contributed by atoms with Crippen LogP contribution in [0.4, 0.5) is 16.2 Å². The molecule has 150 valence electrons. The van der Waals surface area contributed by atoms with E-state index >= 15 is 0 Å². The van der Waals surface area contributed by atoms with E-state index in [2.05, 4.69) is 34.7 Å². The number of hydrogen-bond acceptors (Lipinski definition) is 6. The van der Waals surface area contributed by atoms with Crippen LogP contribution < -0.4 is 16.0 Å². The van der Waals surface area contributed by atoms with Gasteiger partial charge in [-0.2, -0.15) is 0 Å². The Balaban J connectivity index is 1.70. The highest BCUT2D eigenvalue weighted by atomic mass is 16.6. The fourth-order valence-electron chi connectivity index (χ4n) is 3.11. The van der Waals surface area contributed by atoms with Gasteiger partial charge in [-0.1, -0.05) is 26.0 Å². The lowest BCUT2D eigenvalue weighted by Gasteiger charge is -2.36. The first-order chi connectivity index (χ1) is 13.0. The summed E-state index contributed by atoms with van der Waals surface area (Å²) in [6.45, 7) is 8.85. The second-order valence-electron chi connectivity index (χ2n) is 6.80. The number of nitrogens with zero attached hydrogens (tertiary/aromatic N) is 2. The van der Waals surface area contributed by atoms with Crippen molar-refractivity contribution in [2.45, 2.75) is 19.9 Å². The van der Waals surface area contributed by atoms with Crippen LogP contribution in [0.3, 0.4) is 0 Å². The van der Waals surface area contributed by atoms with Crippen LogP contribution in [0.2, 0.25) is 0 Å². The molecule has 1 heterocycles. The number of amides is 2. The van der Waals surface area contributed by atoms with Crippen LogP contribution in [0.5, 0.6) is 0 Å². The van der Waals surface area contributed by atoms with E-state index in [9.17, 15) is 14.9 Å². The lowest BCUT2D eigenvalue weighted by Crippen LogP contribution is -2.52. The number of anilines is 1. The summed E-state index contributed by atoms with van der Waals surface area (Å²) in [6, 6.07) is 6.47. The van der Waals surface area contributed by atoms with Crippen LogP contribution in [0.15, 0.2) is 24.3 Å². The highest BCUT2D eigenvalue weighted by Gasteiger charge is 2.24. The van der Waals surface area contributed by atoms with E-state index < -0.39 is 4.92 Å². The number of rotatable bonds is 9. The zero-order valence-corrected chi connectivity index (χ0v) is 15.9. The van der Waals surface area contributed by atoms with Gasteiger partial charge in [-0.25, -0.2) is 4.79 Å². The Kier molecular flexibility index (Phi) is 8.28. The zero-order valence-electron chi connectivity index (χ0n) is 15.9. The van der Waals surface area contributed by atoms with E-state index in [1.165, 1.54) is 6.07 Å². The summed E-state index contributed by atoms with van der Waals surface area (Å²) in [5.41, 5.74) is 0.462. The first kappa shape index (κ1) is 20.9. The predicted molar refractivity (Wildman–Crippen MR) is 104 cm³/mol. The van der Waals surface area contributed by atoms with E-state index in [1.807, 2.05) is 0 Å². The second kappa shape index (κ2) is 10.7. The second-order valence-corrected chi connectivity index (χ2v) is 6.80. The maximum atomic E-state index is 12.0. The molecule has 3 N–H and O–H groups in total. The molecule has 27 heavy (non-hydrogen) atoms. The van der Waals surface area contributed by atoms with Gasteiger partial charge >= 0.3 is 6.03 Å². The van der Waals surface area contributed by atoms with E-state index in [1.54, 1.807) is 18.2 Å². The Bertz CT molecular complexity index is 620. The molecule has 0 radical (unpaired) electrons. The van der Waals surface area contributed by atoms with Gasteiger partial charge in [0.25, 0.3) is 5.69 Å². The van der Waals surface area contributed by atoms with Gasteiger partial charge in [0, 0.05) is 44.8 Å². The number of morpholine rings is 1. The molecular formula is C18H29N5O4. The molecule has 9 nitrogen and oxygen atoms in total. The number of carbonyl (C=O) groups is 1. The third-order valence-electron chi connectivity index (χ3n) is 4.58. The number of urea groups is 1. The number of benzene rings is 1. The minimum atomic E-state index is -0.430. The Morgan fingerprint density at radius 3 is 2.59 bits per heavy atom. The molecule has 0 aromatic heterocycles. The Labute approximate surface area is 159 Å². The molecule has 1 unspecified atom stereocenters. The molecule has 1 aliphatic rings. The third kappa shape index (κ3) is 6.69. The first-order valence-corrected chi connectivity index (χ1v) is 9.30. The molecule has 1 atom stereocenters. The fraction of sp³-hybridized carbons (Fsp3) is 0.611. The van der Waals surface area contributed by atoms with Crippen molar-refractivity contribution < 1.29 is 14.5 Å². The molecule has 9 heteroatoms. The molecule has 0 saturated carbocycles. The zero-order chi connectivity index (χ0) is 19.6. The minimum absolute atomic E-state index is 0.0206. The van der Waals surface area contributed by atoms with Gasteiger partial charge in [-0.15, -0.1) is 0 Å². The Morgan fingerprint density at radius 1 is 1.22 bits per heavy atom. The lowest BCUT2D eigenvalue weighted by atomic mass is 10.0. The Hall–Kier alpha value is -2.39. The molecule has 1 fully saturated rings. The number of para-hydroxylation sites is 2. The molecule has 0 aliphatic carbocycles. The van der Waals surface area contributed by atoms with Crippen molar-refractivity contribution in [2.75, 3.05) is 51.3 Å². The molecule has 0 spiro atoms. The van der Waals surface area contributed by atoms with Crippen LogP contribution in [0.25, 0.3) is 0 Å². The number of nitrogens with one attached hydrogen (secondary N) is 3. The van der Waals surface area contributed by atoms with Gasteiger partial charge in [0.1, 0.15) is 5.69 Å². The van der Waals surface area contributed by atoms with Gasteiger partial charge in [-0.05, 0) is 12.0 Å². The summed E-state index contributed by atoms with van der Waals surface area (Å²) in [5.74, 6) is 0.420. The van der Waals surface area contributed by atoms with E-state index in [4.69, 9.17) is 4.74 Å². The highest BCUT2D eigenvalue weighted by Crippen LogP contribution is 2.22. The van der Waals surface area contributed by atoms with E-state index in [-0.39, 0.29) is 17.8 Å². The lowest BCUT2D eigenvalue weighted by molar-refractivity contribution is -0.384. The smallest absolute Gasteiger partial charge is 0.314 e. The maximum absolute atomic E-state index is 12.0. The van der Waals surface area contributed by atoms with Gasteiger partial charge in [-0.3, -0.25) is 15.0 Å². The van der Waals surface area contributed by atoms with Gasteiger partial charge in [0.2, 0.25) is 0 Å². The van der Waals surface area contributed by atoms with Crippen LogP contribution in [0, 0.1) is 16.0 Å². The number of nitro groups is 1. The fourth-order valence-corrected chi connectivity index (χ4v) is 3.11. The topological polar surface area (TPSA) is 109 Å². The maximum Gasteiger partial charge on any atom is 0.314 e. The largest absolute Gasteiger partial charge is 0.379 e. The van der Waals surface area contributed by atoms with Gasteiger partial charge < -0.3 is 20.7 Å². The summed E-state index contributed by atoms with van der Waals surface area (Å²) >= 11 is 0. The minimum Gasteiger partial charge on any atom is -0.379 e. The van der Waals surface area contributed by atoms with Crippen molar-refractivity contribution in [1.29, 1.82) is 0 Å². The van der Waals surface area contributed by atoms with Crippen molar-refractivity contribution in [1.82, 2.24) is 15.5 Å². The number of carbonyl (C=O) groups excluding carboxylic acids is 1. The number of nitro benzene ring substituents is 1. The molecule has 1 aliphatic heterocycles. The molecule has 1 aromatic carbocycles. The van der Waals surface area contributed by atoms with Crippen LogP contribution >= 0.6 is 0 Å². The summed E-state index contributed by atoms with van der Waals surface area (Å²) in [5, 5.41) is 19.6. The predicted octanol–water partition coefficient (Wildman–Crippen LogP) is 1.66. The molecular weight excluding hydrogens is 350 g/mol. The standard InChI is InChI=1S/C18H29N5O4/c1-14(2)17(22-9-11-27-12-10-22)13-21-18(24)20-8-7-19-15-5-3-4-6-16(15)23(25)26/h3-6,14,17,19H,7-13H2,1-2H3,(H2,20,21,24). The number of hydrogen-bond donors (Lipinski definition) is 3. The monoisotopic (exact) mass is 379 g/mol. The van der Waals surface area contributed by atoms with Crippen LogP contribution in [-0.2, 0) is 4.74 Å². The Morgan fingerprint density at radius 2 is 1.93 bits per heavy atom. The average Bonchev–Trinajstić information content (AvgIpc) is 2.66. The molecule has 2 amide bonds. The summed E-state index contributed by atoms with van der Waals surface area (Å²) in [4.78, 5) is 24.9. The quantitative estimate of drug-likeness (QED) is 0.342. The highest BCUT2D eigenvalue weighted by molar-refractivity contribution is 5.73. The first-order valence-electron chi connectivity index (χ1n) is 9.30. The average molecular weight is 379 g/mol. The van der Waals surface area contributed by atoms with E-state index in [0.717, 1.165) is 26.3 Å². The van der Waals surface area contributed by atoms with Crippen molar-refractivity contribution in [3.8, 4) is 0 Å². The van der Waals surface area contributed by atoms with Crippen molar-refractivity contribution in [2.24, 2.45) is 5.92 Å². The van der Waals surface area contributed by atoms with Gasteiger partial charge in [0.05, 0.1) is 18.1 Å². The van der Waals surface area contributed by atoms with Crippen molar-refractivity contribution >= 4 is 17.4 Å². The third-order valence-corrected chi connectivity index (χ3v) is 4.58. The molecule has 1 saturated heterocycles. The molecule has 0 bridgehead atoms. The van der Waals surface area contributed by atoms with Crippen molar-refractivity contribution in [3.63, 3.8) is 0 Å². The van der Waals surface area contributed by atoms with Crippen molar-refractivity contribution in [3.05, 3.63) is 34.4 Å². The van der Waals surface area contributed by atoms with E-state index in [0.29, 0.717) is 31.2 Å². The molecule has 1 aromatic rings. The number of ether oxygens (including phenoxy) is 1. The van der Waals surface area contributed by atoms with Gasteiger partial charge in [0.15, 0.2) is 0 Å².